The van der Waals surface area contributed by atoms with Crippen molar-refractivity contribution in [3.05, 3.63) is 35.9 Å². The van der Waals surface area contributed by atoms with Gasteiger partial charge in [0, 0.05) is 0 Å². The van der Waals surface area contributed by atoms with Crippen molar-refractivity contribution in [2.45, 2.75) is 25.9 Å². The average molecular weight is 263 g/mol. The van der Waals surface area contributed by atoms with E-state index in [2.05, 4.69) is 5.48 Å². The van der Waals surface area contributed by atoms with Gasteiger partial charge in [-0.25, -0.2) is 5.48 Å². The van der Waals surface area contributed by atoms with E-state index in [0.29, 0.717) is 12.8 Å². The highest BCUT2D eigenvalue weighted by molar-refractivity contribution is 5.84. The van der Waals surface area contributed by atoms with Crippen LogP contribution < -0.4 is 5.48 Å². The number of hydroxylamine groups is 1. The number of carbonyl (C=O) groups excluding carboxylic acids is 1. The molecule has 0 radical (unpaired) electrons. The van der Waals surface area contributed by atoms with Crippen molar-refractivity contribution in [3.63, 3.8) is 0 Å². The van der Waals surface area contributed by atoms with Crippen molar-refractivity contribution in [2.24, 2.45) is 11.8 Å². The predicted octanol–water partition coefficient (Wildman–Crippen LogP) is 1.74. The molecule has 1 aliphatic rings. The summed E-state index contributed by atoms with van der Waals surface area (Å²) >= 11 is 0. The summed E-state index contributed by atoms with van der Waals surface area (Å²) in [5.41, 5.74) is 3.30. The van der Waals surface area contributed by atoms with Gasteiger partial charge in [0.05, 0.1) is 18.4 Å². The van der Waals surface area contributed by atoms with Gasteiger partial charge in [0.15, 0.2) is 0 Å². The summed E-state index contributed by atoms with van der Waals surface area (Å²) in [5.74, 6) is -2.30. The Morgan fingerprint density at radius 2 is 1.89 bits per heavy atom. The van der Waals surface area contributed by atoms with Crippen LogP contribution in [-0.2, 0) is 21.0 Å². The Morgan fingerprint density at radius 3 is 2.58 bits per heavy atom. The number of rotatable bonds is 5. The maximum Gasteiger partial charge on any atom is 0.307 e. The molecule has 1 aliphatic carbocycles. The lowest BCUT2D eigenvalue weighted by Gasteiger charge is -2.15. The molecule has 0 bridgehead atoms. The molecule has 0 aliphatic heterocycles. The molecule has 5 heteroatoms. The first-order valence-electron chi connectivity index (χ1n) is 6.37. The van der Waals surface area contributed by atoms with Crippen LogP contribution in [0.2, 0.25) is 0 Å². The first-order chi connectivity index (χ1) is 9.18. The third-order valence-electron chi connectivity index (χ3n) is 3.42. The first-order valence-corrected chi connectivity index (χ1v) is 6.37. The lowest BCUT2D eigenvalue weighted by molar-refractivity contribution is -0.150. The molecule has 1 amide bonds. The molecule has 2 N–H and O–H groups in total. The quantitative estimate of drug-likeness (QED) is 0.793. The fourth-order valence-corrected chi connectivity index (χ4v) is 2.41. The van der Waals surface area contributed by atoms with E-state index in [1.807, 2.05) is 30.3 Å². The SMILES string of the molecule is O=C(O)[C@H]1CCC[C@H]1C(=O)NOCc1ccccc1. The molecule has 2 rings (SSSR count). The van der Waals surface area contributed by atoms with Gasteiger partial charge in [0.25, 0.3) is 0 Å². The molecule has 5 nitrogen and oxygen atoms in total. The molecule has 0 heterocycles. The van der Waals surface area contributed by atoms with E-state index in [1.165, 1.54) is 0 Å². The van der Waals surface area contributed by atoms with Gasteiger partial charge < -0.3 is 5.11 Å². The van der Waals surface area contributed by atoms with Crippen molar-refractivity contribution in [2.75, 3.05) is 0 Å². The lowest BCUT2D eigenvalue weighted by atomic mass is 9.96. The molecule has 0 spiro atoms. The highest BCUT2D eigenvalue weighted by Gasteiger charge is 2.37. The van der Waals surface area contributed by atoms with Crippen LogP contribution >= 0.6 is 0 Å². The Morgan fingerprint density at radius 1 is 1.21 bits per heavy atom. The van der Waals surface area contributed by atoms with Gasteiger partial charge in [-0.15, -0.1) is 0 Å². The van der Waals surface area contributed by atoms with Crippen LogP contribution in [0.5, 0.6) is 0 Å². The van der Waals surface area contributed by atoms with Gasteiger partial charge in [-0.1, -0.05) is 36.8 Å². The highest BCUT2D eigenvalue weighted by atomic mass is 16.6. The molecule has 0 saturated heterocycles. The molecule has 0 unspecified atom stereocenters. The third-order valence-corrected chi connectivity index (χ3v) is 3.42. The fraction of sp³-hybridized carbons (Fsp3) is 0.429. The molecule has 102 valence electrons. The van der Waals surface area contributed by atoms with Crippen molar-refractivity contribution in [3.8, 4) is 0 Å². The van der Waals surface area contributed by atoms with Crippen molar-refractivity contribution in [1.29, 1.82) is 0 Å². The van der Waals surface area contributed by atoms with Crippen LogP contribution in [0.15, 0.2) is 30.3 Å². The number of hydrogen-bond donors (Lipinski definition) is 2. The van der Waals surface area contributed by atoms with Crippen molar-refractivity contribution >= 4 is 11.9 Å². The second-order valence-corrected chi connectivity index (χ2v) is 4.72. The third kappa shape index (κ3) is 3.54. The molecule has 1 aromatic rings. The summed E-state index contributed by atoms with van der Waals surface area (Å²) in [7, 11) is 0. The highest BCUT2D eigenvalue weighted by Crippen LogP contribution is 2.31. The van der Waals surface area contributed by atoms with Crippen LogP contribution in [0.25, 0.3) is 0 Å². The van der Waals surface area contributed by atoms with E-state index >= 15 is 0 Å². The monoisotopic (exact) mass is 263 g/mol. The summed E-state index contributed by atoms with van der Waals surface area (Å²) < 4.78 is 0. The van der Waals surface area contributed by atoms with E-state index < -0.39 is 17.8 Å². The Labute approximate surface area is 111 Å². The van der Waals surface area contributed by atoms with Gasteiger partial charge in [0.2, 0.25) is 5.91 Å². The van der Waals surface area contributed by atoms with Crippen LogP contribution in [0, 0.1) is 11.8 Å². The number of carbonyl (C=O) groups is 2. The zero-order valence-electron chi connectivity index (χ0n) is 10.5. The summed E-state index contributed by atoms with van der Waals surface area (Å²) in [5, 5.41) is 9.02. The second kappa shape index (κ2) is 6.33. The molecule has 1 fully saturated rings. The summed E-state index contributed by atoms with van der Waals surface area (Å²) in [6, 6.07) is 9.46. The topological polar surface area (TPSA) is 75.6 Å². The van der Waals surface area contributed by atoms with E-state index in [4.69, 9.17) is 9.94 Å². The molecule has 0 aromatic heterocycles. The first kappa shape index (κ1) is 13.5. The molecular formula is C14H17NO4. The molecule has 1 saturated carbocycles. The van der Waals surface area contributed by atoms with Gasteiger partial charge in [-0.3, -0.25) is 14.4 Å². The molecule has 19 heavy (non-hydrogen) atoms. The summed E-state index contributed by atoms with van der Waals surface area (Å²) in [6.07, 6.45) is 1.94. The van der Waals surface area contributed by atoms with Gasteiger partial charge >= 0.3 is 5.97 Å². The summed E-state index contributed by atoms with van der Waals surface area (Å²) in [4.78, 5) is 28.0. The van der Waals surface area contributed by atoms with Crippen LogP contribution in [0.1, 0.15) is 24.8 Å². The van der Waals surface area contributed by atoms with E-state index in [-0.39, 0.29) is 12.5 Å². The molecular weight excluding hydrogens is 246 g/mol. The Balaban J connectivity index is 1.80. The van der Waals surface area contributed by atoms with E-state index in [0.717, 1.165) is 12.0 Å². The predicted molar refractivity (Wildman–Crippen MR) is 67.8 cm³/mol. The number of hydrogen-bond acceptors (Lipinski definition) is 3. The largest absolute Gasteiger partial charge is 0.481 e. The lowest BCUT2D eigenvalue weighted by Crippen LogP contribution is -2.35. The average Bonchev–Trinajstić information content (AvgIpc) is 2.89. The van der Waals surface area contributed by atoms with Crippen LogP contribution in [-0.4, -0.2) is 17.0 Å². The maximum absolute atomic E-state index is 11.9. The number of nitrogens with one attached hydrogen (secondary N) is 1. The molecule has 1 aromatic carbocycles. The smallest absolute Gasteiger partial charge is 0.307 e. The van der Waals surface area contributed by atoms with E-state index in [9.17, 15) is 9.59 Å². The number of carboxylic acids is 1. The second-order valence-electron chi connectivity index (χ2n) is 4.72. The number of carboxylic acid groups (broad SMARTS) is 1. The Hall–Kier alpha value is -1.88. The van der Waals surface area contributed by atoms with Crippen molar-refractivity contribution < 1.29 is 19.5 Å². The zero-order valence-corrected chi connectivity index (χ0v) is 10.5. The minimum atomic E-state index is -0.902. The maximum atomic E-state index is 11.9. The standard InChI is InChI=1S/C14H17NO4/c16-13(11-7-4-8-12(11)14(17)18)15-19-9-10-5-2-1-3-6-10/h1-3,5-6,11-12H,4,7-9H2,(H,15,16)(H,17,18)/t11-,12+/m1/s1. The summed E-state index contributed by atoms with van der Waals surface area (Å²) in [6.45, 7) is 0.275. The fourth-order valence-electron chi connectivity index (χ4n) is 2.41. The van der Waals surface area contributed by atoms with E-state index in [1.54, 1.807) is 0 Å². The van der Waals surface area contributed by atoms with Crippen molar-refractivity contribution in [1.82, 2.24) is 5.48 Å². The number of amides is 1. The van der Waals surface area contributed by atoms with Gasteiger partial charge in [-0.05, 0) is 18.4 Å². The number of benzene rings is 1. The minimum absolute atomic E-state index is 0.275. The van der Waals surface area contributed by atoms with Gasteiger partial charge in [0.1, 0.15) is 0 Å². The normalized spacial score (nSPS) is 22.1. The van der Waals surface area contributed by atoms with Crippen LogP contribution in [0.4, 0.5) is 0 Å². The Kier molecular flexibility index (Phi) is 4.52. The van der Waals surface area contributed by atoms with Gasteiger partial charge in [-0.2, -0.15) is 0 Å². The molecule has 2 atom stereocenters. The van der Waals surface area contributed by atoms with Crippen LogP contribution in [0.3, 0.4) is 0 Å². The minimum Gasteiger partial charge on any atom is -0.481 e. The Bertz CT molecular complexity index is 446. The number of aliphatic carboxylic acids is 1. The zero-order chi connectivity index (χ0) is 13.7.